The molecule has 0 N–H and O–H groups in total. The molecule has 88 valence electrons. The molecule has 0 nitrogen and oxygen atoms in total. The van der Waals surface area contributed by atoms with Crippen LogP contribution in [0.15, 0.2) is 24.3 Å². The Bertz CT molecular complexity index is 201. The minimum Gasteiger partial charge on any atom is -0.0843 e. The predicted octanol–water partition coefficient (Wildman–Crippen LogP) is 5.74. The summed E-state index contributed by atoms with van der Waals surface area (Å²) in [6.07, 6.45) is 3.69. The molecular formula is C14H25Cl. The second-order valence-electron chi connectivity index (χ2n) is 2.73. The molecule has 0 aromatic heterocycles. The van der Waals surface area contributed by atoms with Gasteiger partial charge in [-0.05, 0) is 30.5 Å². The number of hydrogen-bond acceptors (Lipinski definition) is 0. The molecule has 0 saturated carbocycles. The maximum atomic E-state index is 5.75. The lowest BCUT2D eigenvalue weighted by Crippen LogP contribution is -1.82. The molecular weight excluding hydrogens is 204 g/mol. The highest BCUT2D eigenvalue weighted by Gasteiger charge is 1.90. The summed E-state index contributed by atoms with van der Waals surface area (Å²) in [4.78, 5) is 0. The van der Waals surface area contributed by atoms with Crippen LogP contribution in [-0.4, -0.2) is 0 Å². The summed E-state index contributed by atoms with van der Waals surface area (Å²) < 4.78 is 0. The zero-order chi connectivity index (χ0) is 12.1. The minimum absolute atomic E-state index is 0.824. The lowest BCUT2D eigenvalue weighted by atomic mass is 10.1. The predicted molar refractivity (Wildman–Crippen MR) is 72.8 cm³/mol. The Labute approximate surface area is 101 Å². The van der Waals surface area contributed by atoms with E-state index in [0.717, 1.165) is 5.02 Å². The van der Waals surface area contributed by atoms with Gasteiger partial charge in [0, 0.05) is 5.02 Å². The maximum Gasteiger partial charge on any atom is 0.0406 e. The topological polar surface area (TPSA) is 0 Å². The first-order valence-electron chi connectivity index (χ1n) is 6.07. The maximum absolute atomic E-state index is 5.75. The fourth-order valence-electron chi connectivity index (χ4n) is 1.03. The molecule has 15 heavy (non-hydrogen) atoms. The van der Waals surface area contributed by atoms with Crippen molar-refractivity contribution >= 4 is 11.6 Å². The average molecular weight is 229 g/mol. The molecule has 0 aliphatic rings. The number of rotatable bonds is 3. The van der Waals surface area contributed by atoms with Crippen molar-refractivity contribution in [2.45, 2.75) is 53.9 Å². The van der Waals surface area contributed by atoms with Crippen LogP contribution in [0.25, 0.3) is 0 Å². The molecule has 0 aliphatic heterocycles. The van der Waals surface area contributed by atoms with Crippen LogP contribution in [-0.2, 0) is 6.42 Å². The third-order valence-corrected chi connectivity index (χ3v) is 1.98. The summed E-state index contributed by atoms with van der Waals surface area (Å²) in [5, 5.41) is 0.824. The number of benzene rings is 1. The first-order chi connectivity index (χ1) is 7.33. The van der Waals surface area contributed by atoms with E-state index < -0.39 is 0 Å². The molecule has 1 rings (SSSR count). The molecule has 0 atom stereocenters. The third kappa shape index (κ3) is 9.81. The van der Waals surface area contributed by atoms with Gasteiger partial charge in [0.25, 0.3) is 0 Å². The van der Waals surface area contributed by atoms with Crippen molar-refractivity contribution in [1.29, 1.82) is 0 Å². The molecule has 1 aromatic rings. The van der Waals surface area contributed by atoms with Crippen molar-refractivity contribution < 1.29 is 0 Å². The minimum atomic E-state index is 0.824. The summed E-state index contributed by atoms with van der Waals surface area (Å²) in [7, 11) is 0. The molecule has 0 radical (unpaired) electrons. The van der Waals surface area contributed by atoms with E-state index in [0.29, 0.717) is 0 Å². The van der Waals surface area contributed by atoms with E-state index in [-0.39, 0.29) is 0 Å². The highest BCUT2D eigenvalue weighted by atomic mass is 35.5. The Balaban J connectivity index is 0. The normalized spacial score (nSPS) is 8.13. The van der Waals surface area contributed by atoms with Crippen molar-refractivity contribution in [3.63, 3.8) is 0 Å². The van der Waals surface area contributed by atoms with Gasteiger partial charge in [0.05, 0.1) is 0 Å². The van der Waals surface area contributed by atoms with E-state index in [1.54, 1.807) is 0 Å². The van der Waals surface area contributed by atoms with Gasteiger partial charge in [-0.3, -0.25) is 0 Å². The molecule has 0 heterocycles. The smallest absolute Gasteiger partial charge is 0.0406 e. The van der Waals surface area contributed by atoms with Gasteiger partial charge in [0.2, 0.25) is 0 Å². The molecule has 0 amide bonds. The van der Waals surface area contributed by atoms with Crippen LogP contribution in [0.4, 0.5) is 0 Å². The van der Waals surface area contributed by atoms with E-state index in [2.05, 4.69) is 19.1 Å². The molecule has 0 spiro atoms. The lowest BCUT2D eigenvalue weighted by molar-refractivity contribution is 0.795. The molecule has 1 heteroatoms. The zero-order valence-corrected chi connectivity index (χ0v) is 11.6. The Morgan fingerprint density at radius 3 is 1.80 bits per heavy atom. The molecule has 0 unspecified atom stereocenters. The van der Waals surface area contributed by atoms with Gasteiger partial charge < -0.3 is 0 Å². The van der Waals surface area contributed by atoms with Crippen molar-refractivity contribution in [3.05, 3.63) is 34.9 Å². The van der Waals surface area contributed by atoms with Crippen LogP contribution >= 0.6 is 11.6 Å². The Kier molecular flexibility index (Phi) is 15.2. The fourth-order valence-corrected chi connectivity index (χ4v) is 1.16. The van der Waals surface area contributed by atoms with E-state index in [4.69, 9.17) is 11.6 Å². The first kappa shape index (κ1) is 16.9. The third-order valence-electron chi connectivity index (χ3n) is 1.73. The summed E-state index contributed by atoms with van der Waals surface area (Å²) in [5.74, 6) is 0. The summed E-state index contributed by atoms with van der Waals surface area (Å²) in [6, 6.07) is 8.09. The van der Waals surface area contributed by atoms with Crippen molar-refractivity contribution in [2.24, 2.45) is 0 Å². The first-order valence-corrected chi connectivity index (χ1v) is 6.45. The van der Waals surface area contributed by atoms with E-state index >= 15 is 0 Å². The van der Waals surface area contributed by atoms with Gasteiger partial charge in [-0.2, -0.15) is 0 Å². The largest absolute Gasteiger partial charge is 0.0843 e. The van der Waals surface area contributed by atoms with Gasteiger partial charge in [0.1, 0.15) is 0 Å². The monoisotopic (exact) mass is 228 g/mol. The Morgan fingerprint density at radius 2 is 1.40 bits per heavy atom. The van der Waals surface area contributed by atoms with E-state index in [1.165, 1.54) is 24.8 Å². The highest BCUT2D eigenvalue weighted by molar-refractivity contribution is 6.30. The number of halogens is 1. The van der Waals surface area contributed by atoms with Crippen LogP contribution in [0.1, 0.15) is 53.0 Å². The van der Waals surface area contributed by atoms with Crippen LogP contribution in [0.2, 0.25) is 5.02 Å². The van der Waals surface area contributed by atoms with Gasteiger partial charge in [0.15, 0.2) is 0 Å². The van der Waals surface area contributed by atoms with Crippen LogP contribution in [0, 0.1) is 0 Å². The number of hydrogen-bond donors (Lipinski definition) is 0. The molecule has 0 fully saturated rings. The van der Waals surface area contributed by atoms with Crippen molar-refractivity contribution in [1.82, 2.24) is 0 Å². The second-order valence-corrected chi connectivity index (χ2v) is 3.17. The zero-order valence-electron chi connectivity index (χ0n) is 10.8. The van der Waals surface area contributed by atoms with Crippen LogP contribution in [0.5, 0.6) is 0 Å². The Hall–Kier alpha value is -0.490. The number of unbranched alkanes of at least 4 members (excludes halogenated alkanes) is 1. The van der Waals surface area contributed by atoms with Gasteiger partial charge >= 0.3 is 0 Å². The fraction of sp³-hybridized carbons (Fsp3) is 0.571. The van der Waals surface area contributed by atoms with Crippen LogP contribution < -0.4 is 0 Å². The summed E-state index contributed by atoms with van der Waals surface area (Å²) >= 11 is 5.75. The lowest BCUT2D eigenvalue weighted by Gasteiger charge is -1.98. The van der Waals surface area contributed by atoms with Crippen LogP contribution in [0.3, 0.4) is 0 Å². The van der Waals surface area contributed by atoms with E-state index in [9.17, 15) is 0 Å². The quantitative estimate of drug-likeness (QED) is 0.619. The summed E-state index contributed by atoms with van der Waals surface area (Å²) in [5.41, 5.74) is 1.39. The number of aryl methyl sites for hydroxylation is 1. The average Bonchev–Trinajstić information content (AvgIpc) is 2.34. The molecule has 1 aromatic carbocycles. The van der Waals surface area contributed by atoms with Gasteiger partial charge in [-0.25, -0.2) is 0 Å². The molecule has 0 bridgehead atoms. The SMILES string of the molecule is CC.CC.CCCCc1ccc(Cl)cc1. The summed E-state index contributed by atoms with van der Waals surface area (Å²) in [6.45, 7) is 10.2. The standard InChI is InChI=1S/C10H13Cl.2C2H6/c1-2-3-4-9-5-7-10(11)8-6-9;2*1-2/h5-8H,2-4H2,1H3;2*1-2H3. The second kappa shape index (κ2) is 13.5. The van der Waals surface area contributed by atoms with Gasteiger partial charge in [-0.1, -0.05) is 64.8 Å². The van der Waals surface area contributed by atoms with Gasteiger partial charge in [-0.15, -0.1) is 0 Å². The van der Waals surface area contributed by atoms with Crippen molar-refractivity contribution in [2.75, 3.05) is 0 Å². The molecule has 0 aliphatic carbocycles. The van der Waals surface area contributed by atoms with Crippen molar-refractivity contribution in [3.8, 4) is 0 Å². The molecule has 0 saturated heterocycles. The Morgan fingerprint density at radius 1 is 0.933 bits per heavy atom. The van der Waals surface area contributed by atoms with E-state index in [1.807, 2.05) is 39.8 Å². The highest BCUT2D eigenvalue weighted by Crippen LogP contribution is 2.11.